The van der Waals surface area contributed by atoms with Crippen LogP contribution in [0.3, 0.4) is 0 Å². The van der Waals surface area contributed by atoms with Gasteiger partial charge in [0.05, 0.1) is 22.8 Å². The van der Waals surface area contributed by atoms with Gasteiger partial charge < -0.3 is 20.0 Å². The average molecular weight is 514 g/mol. The van der Waals surface area contributed by atoms with E-state index in [0.29, 0.717) is 41.4 Å². The van der Waals surface area contributed by atoms with Crippen molar-refractivity contribution in [1.29, 1.82) is 0 Å². The Morgan fingerprint density at radius 2 is 1.89 bits per heavy atom. The van der Waals surface area contributed by atoms with Crippen molar-refractivity contribution >= 4 is 28.8 Å². The number of aromatic nitrogens is 2. The zero-order chi connectivity index (χ0) is 27.1. The molecule has 0 radical (unpaired) electrons. The Hall–Kier alpha value is -2.94. The SMILES string of the molecule is CC/C(=N\c1cc(F)c(N2CCCCN(CC)CC2)cc1C)c1nn(C)cc1NC(=O)N(CC)C(C)C. The molecule has 1 aliphatic heterocycles. The Balaban J connectivity index is 1.90. The predicted octanol–water partition coefficient (Wildman–Crippen LogP) is 5.58. The third kappa shape index (κ3) is 7.09. The first-order valence-corrected chi connectivity index (χ1v) is 13.6. The summed E-state index contributed by atoms with van der Waals surface area (Å²) in [6, 6.07) is 3.35. The van der Waals surface area contributed by atoms with E-state index in [1.807, 2.05) is 47.7 Å². The summed E-state index contributed by atoms with van der Waals surface area (Å²) in [7, 11) is 1.81. The van der Waals surface area contributed by atoms with Crippen molar-refractivity contribution < 1.29 is 9.18 Å². The van der Waals surface area contributed by atoms with Gasteiger partial charge in [0.25, 0.3) is 0 Å². The molecule has 8 nitrogen and oxygen atoms in total. The Morgan fingerprint density at radius 1 is 1.16 bits per heavy atom. The van der Waals surface area contributed by atoms with Gasteiger partial charge in [-0.15, -0.1) is 0 Å². The number of rotatable bonds is 8. The molecule has 37 heavy (non-hydrogen) atoms. The van der Waals surface area contributed by atoms with Crippen LogP contribution >= 0.6 is 0 Å². The van der Waals surface area contributed by atoms with Crippen molar-refractivity contribution in [2.45, 2.75) is 66.8 Å². The van der Waals surface area contributed by atoms with E-state index >= 15 is 4.39 Å². The van der Waals surface area contributed by atoms with E-state index in [2.05, 4.69) is 27.1 Å². The minimum Gasteiger partial charge on any atom is -0.368 e. The van der Waals surface area contributed by atoms with Crippen LogP contribution in [0, 0.1) is 12.7 Å². The van der Waals surface area contributed by atoms with E-state index in [-0.39, 0.29) is 17.9 Å². The smallest absolute Gasteiger partial charge is 0.322 e. The van der Waals surface area contributed by atoms with Crippen molar-refractivity contribution in [2.75, 3.05) is 49.5 Å². The fourth-order valence-corrected chi connectivity index (χ4v) is 4.87. The fraction of sp³-hybridized carbons (Fsp3) is 0.607. The second kappa shape index (κ2) is 13.0. The van der Waals surface area contributed by atoms with Crippen molar-refractivity contribution in [2.24, 2.45) is 12.0 Å². The van der Waals surface area contributed by atoms with Gasteiger partial charge in [-0.3, -0.25) is 9.67 Å². The van der Waals surface area contributed by atoms with Crippen LogP contribution in [0.5, 0.6) is 0 Å². The lowest BCUT2D eigenvalue weighted by atomic mass is 10.1. The normalized spacial score (nSPS) is 15.6. The Kier molecular flexibility index (Phi) is 10.1. The number of hydrogen-bond donors (Lipinski definition) is 1. The lowest BCUT2D eigenvalue weighted by Crippen LogP contribution is -2.39. The van der Waals surface area contributed by atoms with Gasteiger partial charge in [-0.25, -0.2) is 9.18 Å². The van der Waals surface area contributed by atoms with E-state index in [4.69, 9.17) is 4.99 Å². The van der Waals surface area contributed by atoms with Crippen molar-refractivity contribution in [3.05, 3.63) is 35.4 Å². The second-order valence-electron chi connectivity index (χ2n) is 10.0. The number of nitrogens with one attached hydrogen (secondary N) is 1. The molecule has 1 N–H and O–H groups in total. The molecule has 3 rings (SSSR count). The predicted molar refractivity (Wildman–Crippen MR) is 151 cm³/mol. The molecule has 1 aromatic carbocycles. The quantitative estimate of drug-likeness (QED) is 0.468. The van der Waals surface area contributed by atoms with Gasteiger partial charge in [0.2, 0.25) is 0 Å². The number of likely N-dealkylation sites (N-methyl/N-ethyl adjacent to an activating group) is 1. The number of amides is 2. The molecule has 1 aliphatic rings. The van der Waals surface area contributed by atoms with Crippen LogP contribution in [0.25, 0.3) is 0 Å². The number of nitrogens with zero attached hydrogens (tertiary/aromatic N) is 6. The first-order valence-electron chi connectivity index (χ1n) is 13.6. The number of aryl methyl sites for hydroxylation is 2. The summed E-state index contributed by atoms with van der Waals surface area (Å²) in [5.41, 5.74) is 4.04. The van der Waals surface area contributed by atoms with Crippen LogP contribution in [0.15, 0.2) is 23.3 Å². The number of urea groups is 1. The van der Waals surface area contributed by atoms with Gasteiger partial charge >= 0.3 is 6.03 Å². The fourth-order valence-electron chi connectivity index (χ4n) is 4.87. The number of benzene rings is 1. The van der Waals surface area contributed by atoms with Gasteiger partial charge in [-0.05, 0) is 71.7 Å². The van der Waals surface area contributed by atoms with E-state index < -0.39 is 0 Å². The second-order valence-corrected chi connectivity index (χ2v) is 10.0. The van der Waals surface area contributed by atoms with E-state index in [1.165, 1.54) is 6.07 Å². The molecule has 1 fully saturated rings. The third-order valence-electron chi connectivity index (χ3n) is 7.05. The molecule has 0 aliphatic carbocycles. The number of carbonyl (C=O) groups excluding carboxylic acids is 1. The van der Waals surface area contributed by atoms with Crippen molar-refractivity contribution in [1.82, 2.24) is 19.6 Å². The summed E-state index contributed by atoms with van der Waals surface area (Å²) < 4.78 is 17.1. The van der Waals surface area contributed by atoms with Crippen LogP contribution in [-0.4, -0.2) is 76.6 Å². The first-order chi connectivity index (χ1) is 17.7. The maximum absolute atomic E-state index is 15.4. The molecule has 9 heteroatoms. The van der Waals surface area contributed by atoms with E-state index in [9.17, 15) is 4.79 Å². The molecular weight excluding hydrogens is 469 g/mol. The Labute approximate surface area is 221 Å². The highest BCUT2D eigenvalue weighted by Gasteiger charge is 2.21. The number of anilines is 2. The third-order valence-corrected chi connectivity index (χ3v) is 7.05. The first kappa shape index (κ1) is 28.6. The Morgan fingerprint density at radius 3 is 2.54 bits per heavy atom. The standard InChI is InChI=1S/C28H44FN7O/c1-8-23(27-25(19-33(7)32-27)31-28(37)36(10-3)20(4)5)30-24-18-22(29)26(17-21(24)6)35-14-12-11-13-34(9-2)15-16-35/h17-20H,8-16H2,1-7H3,(H,31,37)/b30-23+. The molecule has 0 atom stereocenters. The van der Waals surface area contributed by atoms with Crippen LogP contribution in [0.2, 0.25) is 0 Å². The van der Waals surface area contributed by atoms with Gasteiger partial charge in [-0.1, -0.05) is 13.8 Å². The Bertz CT molecular complexity index is 1090. The van der Waals surface area contributed by atoms with Crippen LogP contribution in [0.1, 0.15) is 65.1 Å². The summed E-state index contributed by atoms with van der Waals surface area (Å²) in [5.74, 6) is -0.256. The molecule has 2 heterocycles. The lowest BCUT2D eigenvalue weighted by Gasteiger charge is -2.32. The minimum atomic E-state index is -0.256. The van der Waals surface area contributed by atoms with Gasteiger partial charge in [0.15, 0.2) is 0 Å². The zero-order valence-electron chi connectivity index (χ0n) is 23.6. The summed E-state index contributed by atoms with van der Waals surface area (Å²) in [6.45, 7) is 17.4. The molecule has 0 spiro atoms. The molecular formula is C28H44FN7O. The molecule has 2 amide bonds. The monoisotopic (exact) mass is 513 g/mol. The summed E-state index contributed by atoms with van der Waals surface area (Å²) in [6.07, 6.45) is 4.55. The summed E-state index contributed by atoms with van der Waals surface area (Å²) in [4.78, 5) is 24.1. The van der Waals surface area contributed by atoms with E-state index in [0.717, 1.165) is 51.1 Å². The number of aliphatic imine (C=N–C) groups is 1. The molecule has 204 valence electrons. The molecule has 1 aromatic heterocycles. The maximum Gasteiger partial charge on any atom is 0.322 e. The van der Waals surface area contributed by atoms with Gasteiger partial charge in [0, 0.05) is 51.5 Å². The summed E-state index contributed by atoms with van der Waals surface area (Å²) in [5, 5.41) is 7.58. The zero-order valence-corrected chi connectivity index (χ0v) is 23.6. The van der Waals surface area contributed by atoms with Crippen LogP contribution < -0.4 is 10.2 Å². The maximum atomic E-state index is 15.4. The van der Waals surface area contributed by atoms with Gasteiger partial charge in [0.1, 0.15) is 11.5 Å². The van der Waals surface area contributed by atoms with Crippen LogP contribution in [0.4, 0.5) is 26.2 Å². The molecule has 0 saturated carbocycles. The highest BCUT2D eigenvalue weighted by Crippen LogP contribution is 2.31. The molecule has 2 aromatic rings. The minimum absolute atomic E-state index is 0.0761. The average Bonchev–Trinajstić information content (AvgIpc) is 3.19. The number of hydrogen-bond acceptors (Lipinski definition) is 5. The summed E-state index contributed by atoms with van der Waals surface area (Å²) >= 11 is 0. The van der Waals surface area contributed by atoms with E-state index in [1.54, 1.807) is 15.8 Å². The number of carbonyl (C=O) groups is 1. The van der Waals surface area contributed by atoms with Crippen molar-refractivity contribution in [3.63, 3.8) is 0 Å². The lowest BCUT2D eigenvalue weighted by molar-refractivity contribution is 0.201. The van der Waals surface area contributed by atoms with Crippen molar-refractivity contribution in [3.8, 4) is 0 Å². The highest BCUT2D eigenvalue weighted by atomic mass is 19.1. The van der Waals surface area contributed by atoms with Gasteiger partial charge in [-0.2, -0.15) is 5.10 Å². The topological polar surface area (TPSA) is 69.0 Å². The number of halogens is 1. The molecule has 0 unspecified atom stereocenters. The molecule has 1 saturated heterocycles. The largest absolute Gasteiger partial charge is 0.368 e. The van der Waals surface area contributed by atoms with Crippen LogP contribution in [-0.2, 0) is 7.05 Å². The highest BCUT2D eigenvalue weighted by molar-refractivity contribution is 6.07. The molecule has 0 bridgehead atoms.